The first-order valence-corrected chi connectivity index (χ1v) is 6.26. The molecule has 2 unspecified atom stereocenters. The van der Waals surface area contributed by atoms with Crippen LogP contribution in [0.4, 0.5) is 13.2 Å². The van der Waals surface area contributed by atoms with Crippen molar-refractivity contribution in [1.82, 2.24) is 9.99 Å². The number of rotatable bonds is 3. The van der Waals surface area contributed by atoms with E-state index >= 15 is 0 Å². The van der Waals surface area contributed by atoms with Crippen molar-refractivity contribution in [1.29, 1.82) is 0 Å². The van der Waals surface area contributed by atoms with Gasteiger partial charge in [0, 0.05) is 6.07 Å². The van der Waals surface area contributed by atoms with Crippen LogP contribution in [0.5, 0.6) is 0 Å². The maximum atomic E-state index is 12.9. The van der Waals surface area contributed by atoms with E-state index in [1.54, 1.807) is 0 Å². The van der Waals surface area contributed by atoms with E-state index in [2.05, 4.69) is 0 Å². The minimum absolute atomic E-state index is 0.261. The first-order valence-electron chi connectivity index (χ1n) is 6.26. The maximum Gasteiger partial charge on any atom is 0.431 e. The Bertz CT molecular complexity index is 585. The molecule has 116 valence electrons. The standard InChI is InChI=1S/C12H14F3N3O3/c13-12(14,15)9-2-1-3-10(19)18(9)6-7-4-5-8(21-7)11(20)17-16/h1-3,7-8H,4-6,16H2,(H,17,20). The van der Waals surface area contributed by atoms with E-state index in [0.29, 0.717) is 17.4 Å². The Labute approximate surface area is 117 Å². The second-order valence-corrected chi connectivity index (χ2v) is 4.69. The third-order valence-electron chi connectivity index (χ3n) is 3.27. The topological polar surface area (TPSA) is 86.4 Å². The first-order chi connectivity index (χ1) is 9.82. The van der Waals surface area contributed by atoms with E-state index in [9.17, 15) is 22.8 Å². The van der Waals surface area contributed by atoms with Crippen LogP contribution in [0.2, 0.25) is 0 Å². The SMILES string of the molecule is NNC(=O)C1CCC(Cn2c(C(F)(F)F)cccc2=O)O1. The summed E-state index contributed by atoms with van der Waals surface area (Å²) in [5.41, 5.74) is 0.125. The fourth-order valence-electron chi connectivity index (χ4n) is 2.29. The van der Waals surface area contributed by atoms with Crippen LogP contribution >= 0.6 is 0 Å². The van der Waals surface area contributed by atoms with Gasteiger partial charge in [0.25, 0.3) is 11.5 Å². The molecule has 3 N–H and O–H groups in total. The van der Waals surface area contributed by atoms with Gasteiger partial charge in [0.05, 0.1) is 12.6 Å². The molecule has 0 bridgehead atoms. The zero-order valence-corrected chi connectivity index (χ0v) is 10.9. The number of nitrogens with one attached hydrogen (secondary N) is 1. The van der Waals surface area contributed by atoms with Gasteiger partial charge in [-0.05, 0) is 18.9 Å². The van der Waals surface area contributed by atoms with Crippen LogP contribution in [0.15, 0.2) is 23.0 Å². The van der Waals surface area contributed by atoms with Crippen LogP contribution in [0, 0.1) is 0 Å². The number of halogens is 3. The second kappa shape index (κ2) is 5.86. The number of carbonyl (C=O) groups is 1. The van der Waals surface area contributed by atoms with Gasteiger partial charge in [0.2, 0.25) is 0 Å². The molecule has 21 heavy (non-hydrogen) atoms. The lowest BCUT2D eigenvalue weighted by molar-refractivity contribution is -0.145. The van der Waals surface area contributed by atoms with Gasteiger partial charge in [-0.15, -0.1) is 0 Å². The van der Waals surface area contributed by atoms with Crippen molar-refractivity contribution in [3.63, 3.8) is 0 Å². The predicted molar refractivity (Wildman–Crippen MR) is 65.9 cm³/mol. The van der Waals surface area contributed by atoms with Crippen molar-refractivity contribution in [3.05, 3.63) is 34.2 Å². The summed E-state index contributed by atoms with van der Waals surface area (Å²) in [6, 6.07) is 2.94. The quantitative estimate of drug-likeness (QED) is 0.481. The molecule has 0 radical (unpaired) electrons. The molecule has 0 aliphatic carbocycles. The number of aromatic nitrogens is 1. The first kappa shape index (κ1) is 15.5. The Morgan fingerprint density at radius 1 is 1.43 bits per heavy atom. The number of hydrogen-bond donors (Lipinski definition) is 2. The van der Waals surface area contributed by atoms with E-state index in [1.807, 2.05) is 5.43 Å². The average Bonchev–Trinajstić information content (AvgIpc) is 2.87. The summed E-state index contributed by atoms with van der Waals surface area (Å²) in [6.07, 6.45) is -5.36. The van der Waals surface area contributed by atoms with Crippen LogP contribution in [-0.4, -0.2) is 22.7 Å². The monoisotopic (exact) mass is 305 g/mol. The summed E-state index contributed by atoms with van der Waals surface area (Å²) >= 11 is 0. The van der Waals surface area contributed by atoms with Gasteiger partial charge in [-0.25, -0.2) is 5.84 Å². The lowest BCUT2D eigenvalue weighted by atomic mass is 10.2. The fraction of sp³-hybridized carbons (Fsp3) is 0.500. The van der Waals surface area contributed by atoms with Gasteiger partial charge < -0.3 is 9.30 Å². The number of nitrogens with two attached hydrogens (primary N) is 1. The highest BCUT2D eigenvalue weighted by Crippen LogP contribution is 2.29. The van der Waals surface area contributed by atoms with Crippen LogP contribution in [0.3, 0.4) is 0 Å². The summed E-state index contributed by atoms with van der Waals surface area (Å²) in [5, 5.41) is 0. The van der Waals surface area contributed by atoms with Crippen molar-refractivity contribution in [2.24, 2.45) is 5.84 Å². The van der Waals surface area contributed by atoms with Crippen molar-refractivity contribution >= 4 is 5.91 Å². The third kappa shape index (κ3) is 3.42. The van der Waals surface area contributed by atoms with E-state index < -0.39 is 35.5 Å². The Kier molecular flexibility index (Phi) is 4.33. The molecule has 1 aromatic rings. The summed E-state index contributed by atoms with van der Waals surface area (Å²) in [7, 11) is 0. The number of pyridine rings is 1. The summed E-state index contributed by atoms with van der Waals surface area (Å²) < 4.78 is 44.6. The smallest absolute Gasteiger partial charge is 0.363 e. The molecule has 1 aromatic heterocycles. The molecule has 6 nitrogen and oxygen atoms in total. The van der Waals surface area contributed by atoms with Crippen molar-refractivity contribution < 1.29 is 22.7 Å². The molecular weight excluding hydrogens is 291 g/mol. The fourth-order valence-corrected chi connectivity index (χ4v) is 2.29. The number of nitrogens with zero attached hydrogens (tertiary/aromatic N) is 1. The van der Waals surface area contributed by atoms with Gasteiger partial charge in [0.15, 0.2) is 0 Å². The van der Waals surface area contributed by atoms with E-state index in [1.165, 1.54) is 0 Å². The normalized spacial score (nSPS) is 22.3. The Morgan fingerprint density at radius 3 is 2.76 bits per heavy atom. The van der Waals surface area contributed by atoms with Gasteiger partial charge in [-0.3, -0.25) is 15.0 Å². The molecule has 1 aliphatic heterocycles. The van der Waals surface area contributed by atoms with Crippen molar-refractivity contribution in [2.75, 3.05) is 0 Å². The second-order valence-electron chi connectivity index (χ2n) is 4.69. The number of ether oxygens (including phenoxy) is 1. The highest BCUT2D eigenvalue weighted by molar-refractivity contribution is 5.80. The largest absolute Gasteiger partial charge is 0.431 e. The van der Waals surface area contributed by atoms with Gasteiger partial charge in [0.1, 0.15) is 11.8 Å². The summed E-state index contributed by atoms with van der Waals surface area (Å²) in [5.74, 6) is 4.44. The van der Waals surface area contributed by atoms with Gasteiger partial charge >= 0.3 is 6.18 Å². The minimum atomic E-state index is -4.63. The lowest BCUT2D eigenvalue weighted by Gasteiger charge is -2.18. The highest BCUT2D eigenvalue weighted by atomic mass is 19.4. The highest BCUT2D eigenvalue weighted by Gasteiger charge is 2.36. The zero-order chi connectivity index (χ0) is 15.6. The number of hydrazine groups is 1. The lowest BCUT2D eigenvalue weighted by Crippen LogP contribution is -2.39. The molecule has 2 atom stereocenters. The Balaban J connectivity index is 2.18. The summed E-state index contributed by atoms with van der Waals surface area (Å²) in [6.45, 7) is -0.261. The molecule has 2 rings (SSSR count). The molecule has 1 amide bonds. The predicted octanol–water partition coefficient (Wildman–Crippen LogP) is 0.405. The van der Waals surface area contributed by atoms with Gasteiger partial charge in [-0.1, -0.05) is 6.07 Å². The van der Waals surface area contributed by atoms with Crippen LogP contribution in [-0.2, 0) is 22.3 Å². The van der Waals surface area contributed by atoms with Gasteiger partial charge in [-0.2, -0.15) is 13.2 Å². The van der Waals surface area contributed by atoms with Crippen LogP contribution in [0.25, 0.3) is 0 Å². The molecule has 1 saturated heterocycles. The molecule has 9 heteroatoms. The molecule has 2 heterocycles. The molecule has 0 saturated carbocycles. The number of carbonyl (C=O) groups excluding carboxylic acids is 1. The van der Waals surface area contributed by atoms with Crippen molar-refractivity contribution in [3.8, 4) is 0 Å². The van der Waals surface area contributed by atoms with Crippen LogP contribution in [0.1, 0.15) is 18.5 Å². The molecule has 1 fully saturated rings. The molecule has 1 aliphatic rings. The van der Waals surface area contributed by atoms with E-state index in [4.69, 9.17) is 10.6 Å². The molecule has 0 spiro atoms. The Hall–Kier alpha value is -1.87. The zero-order valence-electron chi connectivity index (χ0n) is 10.9. The van der Waals surface area contributed by atoms with Crippen LogP contribution < -0.4 is 16.8 Å². The Morgan fingerprint density at radius 2 is 2.14 bits per heavy atom. The number of amides is 1. The van der Waals surface area contributed by atoms with E-state index in [0.717, 1.165) is 18.2 Å². The molecule has 0 aromatic carbocycles. The number of alkyl halides is 3. The molecular formula is C12H14F3N3O3. The summed E-state index contributed by atoms with van der Waals surface area (Å²) in [4.78, 5) is 22.9. The minimum Gasteiger partial charge on any atom is -0.363 e. The van der Waals surface area contributed by atoms with E-state index in [-0.39, 0.29) is 6.54 Å². The average molecular weight is 305 g/mol. The van der Waals surface area contributed by atoms with Crippen molar-refractivity contribution in [2.45, 2.75) is 37.8 Å². The number of hydrogen-bond acceptors (Lipinski definition) is 4. The maximum absolute atomic E-state index is 12.9. The third-order valence-corrected chi connectivity index (χ3v) is 3.27.